The number of nitrogens with zero attached hydrogens (tertiary/aromatic N) is 4. The van der Waals surface area contributed by atoms with E-state index in [0.717, 1.165) is 11.1 Å². The first-order valence-corrected chi connectivity index (χ1v) is 13.0. The number of aliphatic hydroxyl groups is 1. The lowest BCUT2D eigenvalue weighted by atomic mass is 9.96. The van der Waals surface area contributed by atoms with Gasteiger partial charge in [0.25, 0.3) is 11.8 Å². The fourth-order valence-corrected chi connectivity index (χ4v) is 4.32. The van der Waals surface area contributed by atoms with E-state index in [9.17, 15) is 45.8 Å². The number of ether oxygens (including phenoxy) is 1. The lowest BCUT2D eigenvalue weighted by molar-refractivity contribution is -0.259. The van der Waals surface area contributed by atoms with E-state index >= 15 is 0 Å². The molecule has 3 aromatic rings. The quantitative estimate of drug-likeness (QED) is 0.281. The Labute approximate surface area is 245 Å². The number of carbonyl (C=O) groups excluding carboxylic acids is 3. The number of alkyl halides is 6. The number of halogens is 6. The van der Waals surface area contributed by atoms with E-state index < -0.39 is 59.5 Å². The van der Waals surface area contributed by atoms with E-state index in [-0.39, 0.29) is 49.9 Å². The van der Waals surface area contributed by atoms with E-state index in [1.54, 1.807) is 23.1 Å². The Hall–Kier alpha value is -4.67. The fraction of sp³-hybridized carbons (Fsp3) is 0.370. The highest BCUT2D eigenvalue weighted by Crippen LogP contribution is 2.36. The smallest absolute Gasteiger partial charge is 0.437 e. The number of amides is 2. The fourth-order valence-electron chi connectivity index (χ4n) is 4.32. The van der Waals surface area contributed by atoms with Crippen LogP contribution in [0.5, 0.6) is 0 Å². The molecule has 0 bridgehead atoms. The first-order chi connectivity index (χ1) is 20.6. The molecule has 2 aromatic heterocycles. The third kappa shape index (κ3) is 6.93. The number of pyridine rings is 1. The van der Waals surface area contributed by atoms with Crippen LogP contribution in [0.2, 0.25) is 0 Å². The molecule has 17 heteroatoms. The summed E-state index contributed by atoms with van der Waals surface area (Å²) in [5.41, 5.74) is -5.23. The van der Waals surface area contributed by atoms with Crippen LogP contribution in [0.25, 0.3) is 11.5 Å². The van der Waals surface area contributed by atoms with Crippen molar-refractivity contribution in [3.63, 3.8) is 0 Å². The van der Waals surface area contributed by atoms with Gasteiger partial charge in [-0.25, -0.2) is 9.97 Å². The molecule has 3 heterocycles. The number of anilines is 2. The zero-order chi connectivity index (χ0) is 32.3. The molecule has 1 aliphatic heterocycles. The summed E-state index contributed by atoms with van der Waals surface area (Å²) in [4.78, 5) is 47.0. The third-order valence-electron chi connectivity index (χ3n) is 6.55. The van der Waals surface area contributed by atoms with Crippen molar-refractivity contribution in [2.45, 2.75) is 31.3 Å². The average molecular weight is 630 g/mol. The monoisotopic (exact) mass is 629 g/mol. The van der Waals surface area contributed by atoms with Crippen molar-refractivity contribution >= 4 is 29.3 Å². The maximum atomic E-state index is 13.6. The summed E-state index contributed by atoms with van der Waals surface area (Å²) >= 11 is 0. The molecule has 1 unspecified atom stereocenters. The molecule has 44 heavy (non-hydrogen) atoms. The van der Waals surface area contributed by atoms with Gasteiger partial charge in [0.15, 0.2) is 5.69 Å². The SMILES string of the molecule is CCOC(=O)CC(O)(C(=O)N1CCN(c2ccc(NC(=O)c3oc(-c4ccccc4)nc3C(F)(F)F)cn2)CC1)C(F)(F)F. The van der Waals surface area contributed by atoms with Gasteiger partial charge in [-0.05, 0) is 31.2 Å². The van der Waals surface area contributed by atoms with Crippen molar-refractivity contribution in [1.82, 2.24) is 14.9 Å². The van der Waals surface area contributed by atoms with Crippen molar-refractivity contribution < 1.29 is 55.0 Å². The minimum atomic E-state index is -5.44. The standard InChI is InChI=1S/C27H25F6N5O6/c1-2-43-19(39)14-25(42,27(31,32)33)24(41)38-12-10-37(11-13-38)18-9-8-17(15-34-18)35-22(40)20-21(26(28,29)30)36-23(44-20)16-6-4-3-5-7-16/h3-9,15,42H,2,10-14H2,1H3,(H,35,40). The molecule has 1 fully saturated rings. The molecule has 1 atom stereocenters. The Morgan fingerprint density at radius 1 is 1.00 bits per heavy atom. The summed E-state index contributed by atoms with van der Waals surface area (Å²) in [5.74, 6) is -5.47. The van der Waals surface area contributed by atoms with Gasteiger partial charge in [-0.15, -0.1) is 0 Å². The number of esters is 1. The minimum Gasteiger partial charge on any atom is -0.466 e. The first kappa shape index (κ1) is 32.2. The Morgan fingerprint density at radius 3 is 2.20 bits per heavy atom. The van der Waals surface area contributed by atoms with Crippen LogP contribution in [-0.2, 0) is 20.5 Å². The zero-order valence-electron chi connectivity index (χ0n) is 22.9. The summed E-state index contributed by atoms with van der Waals surface area (Å²) in [6.45, 7) is 0.604. The summed E-state index contributed by atoms with van der Waals surface area (Å²) in [6.07, 6.45) is -10.9. The highest BCUT2D eigenvalue weighted by Gasteiger charge is 2.62. The van der Waals surface area contributed by atoms with E-state index in [1.807, 2.05) is 0 Å². The van der Waals surface area contributed by atoms with Gasteiger partial charge in [0.1, 0.15) is 5.82 Å². The third-order valence-corrected chi connectivity index (χ3v) is 6.55. The second-order valence-corrected chi connectivity index (χ2v) is 9.54. The van der Waals surface area contributed by atoms with Crippen molar-refractivity contribution in [1.29, 1.82) is 0 Å². The highest BCUT2D eigenvalue weighted by molar-refractivity contribution is 6.03. The largest absolute Gasteiger partial charge is 0.466 e. The maximum absolute atomic E-state index is 13.6. The van der Waals surface area contributed by atoms with Gasteiger partial charge in [-0.1, -0.05) is 18.2 Å². The summed E-state index contributed by atoms with van der Waals surface area (Å²) in [5, 5.41) is 12.5. The molecular weight excluding hydrogens is 604 g/mol. The van der Waals surface area contributed by atoms with Crippen LogP contribution in [0, 0.1) is 0 Å². The molecule has 2 amide bonds. The Bertz CT molecular complexity index is 1490. The summed E-state index contributed by atoms with van der Waals surface area (Å²) in [7, 11) is 0. The molecule has 0 spiro atoms. The van der Waals surface area contributed by atoms with E-state index in [2.05, 4.69) is 20.0 Å². The van der Waals surface area contributed by atoms with Gasteiger partial charge >= 0.3 is 18.3 Å². The number of hydrogen-bond donors (Lipinski definition) is 2. The average Bonchev–Trinajstić information content (AvgIpc) is 3.44. The van der Waals surface area contributed by atoms with Gasteiger partial charge in [0.2, 0.25) is 17.3 Å². The molecule has 0 saturated carbocycles. The molecule has 236 valence electrons. The molecule has 0 aliphatic carbocycles. The van der Waals surface area contributed by atoms with E-state index in [4.69, 9.17) is 4.42 Å². The number of aromatic nitrogens is 2. The van der Waals surface area contributed by atoms with Gasteiger partial charge in [0.05, 0.1) is 24.9 Å². The normalized spacial score (nSPS) is 15.5. The Balaban J connectivity index is 1.41. The Morgan fingerprint density at radius 2 is 1.66 bits per heavy atom. The van der Waals surface area contributed by atoms with Gasteiger partial charge < -0.3 is 29.4 Å². The minimum absolute atomic E-state index is 0.00689. The second-order valence-electron chi connectivity index (χ2n) is 9.54. The molecule has 0 radical (unpaired) electrons. The van der Waals surface area contributed by atoms with Crippen LogP contribution in [0.1, 0.15) is 29.6 Å². The van der Waals surface area contributed by atoms with Crippen molar-refractivity contribution in [2.24, 2.45) is 0 Å². The number of carbonyl (C=O) groups is 3. The van der Waals surface area contributed by atoms with E-state index in [0.29, 0.717) is 0 Å². The maximum Gasteiger partial charge on any atom is 0.437 e. The van der Waals surface area contributed by atoms with Crippen molar-refractivity contribution in [3.05, 3.63) is 60.1 Å². The second kappa shape index (κ2) is 12.5. The van der Waals surface area contributed by atoms with Crippen molar-refractivity contribution in [2.75, 3.05) is 43.0 Å². The lowest BCUT2D eigenvalue weighted by Crippen LogP contribution is -2.62. The van der Waals surface area contributed by atoms with Crippen LogP contribution in [0.4, 0.5) is 37.8 Å². The molecule has 1 saturated heterocycles. The van der Waals surface area contributed by atoms with Gasteiger partial charge in [-0.2, -0.15) is 26.3 Å². The molecular formula is C27H25F6N5O6. The first-order valence-electron chi connectivity index (χ1n) is 13.0. The van der Waals surface area contributed by atoms with Gasteiger partial charge in [0, 0.05) is 31.7 Å². The van der Waals surface area contributed by atoms with Crippen LogP contribution in [0.3, 0.4) is 0 Å². The lowest BCUT2D eigenvalue weighted by Gasteiger charge is -2.39. The molecule has 2 N–H and O–H groups in total. The zero-order valence-corrected chi connectivity index (χ0v) is 22.9. The number of nitrogens with one attached hydrogen (secondary N) is 1. The highest BCUT2D eigenvalue weighted by atomic mass is 19.4. The number of piperazine rings is 1. The van der Waals surface area contributed by atoms with Crippen molar-refractivity contribution in [3.8, 4) is 11.5 Å². The molecule has 1 aromatic carbocycles. The number of rotatable bonds is 8. The molecule has 1 aliphatic rings. The number of benzene rings is 1. The summed E-state index contributed by atoms with van der Waals surface area (Å²) < 4.78 is 91.3. The summed E-state index contributed by atoms with van der Waals surface area (Å²) in [6, 6.07) is 10.4. The van der Waals surface area contributed by atoms with Gasteiger partial charge in [-0.3, -0.25) is 14.4 Å². The van der Waals surface area contributed by atoms with E-state index in [1.165, 1.54) is 31.2 Å². The van der Waals surface area contributed by atoms with Crippen LogP contribution in [0.15, 0.2) is 53.1 Å². The number of hydrogen-bond acceptors (Lipinski definition) is 9. The van der Waals surface area contributed by atoms with Crippen LogP contribution < -0.4 is 10.2 Å². The topological polar surface area (TPSA) is 138 Å². The molecule has 11 nitrogen and oxygen atoms in total. The van der Waals surface area contributed by atoms with Crippen LogP contribution >= 0.6 is 0 Å². The number of oxazole rings is 1. The predicted octanol–water partition coefficient (Wildman–Crippen LogP) is 3.90. The Kier molecular flexibility index (Phi) is 9.17. The molecule has 4 rings (SSSR count). The predicted molar refractivity (Wildman–Crippen MR) is 140 cm³/mol. The van der Waals surface area contributed by atoms with Crippen LogP contribution in [-0.4, -0.2) is 82.3 Å².